The standard InChI is InChI=1S/C15H18N4O2/c1-9(2)21-12-6-4-5-11-14(12)18-15(20)13(17-11)10-7-16-19(3)8-10/h4-9,13,17H,1-3H3,(H,18,20). The molecule has 0 saturated carbocycles. The lowest BCUT2D eigenvalue weighted by Gasteiger charge is -2.28. The molecule has 0 spiro atoms. The number of amides is 1. The van der Waals surface area contributed by atoms with E-state index < -0.39 is 6.04 Å². The number of hydrogen-bond donors (Lipinski definition) is 2. The Balaban J connectivity index is 1.93. The van der Waals surface area contributed by atoms with Crippen LogP contribution in [0.2, 0.25) is 0 Å². The van der Waals surface area contributed by atoms with E-state index in [0.717, 1.165) is 11.3 Å². The fraction of sp³-hybridized carbons (Fsp3) is 0.333. The summed E-state index contributed by atoms with van der Waals surface area (Å²) in [6, 6.07) is 5.23. The molecule has 0 aliphatic carbocycles. The first-order valence-corrected chi connectivity index (χ1v) is 6.90. The Labute approximate surface area is 123 Å². The summed E-state index contributed by atoms with van der Waals surface area (Å²) in [6.07, 6.45) is 3.57. The van der Waals surface area contributed by atoms with Gasteiger partial charge in [0.15, 0.2) is 0 Å². The van der Waals surface area contributed by atoms with Gasteiger partial charge >= 0.3 is 0 Å². The fourth-order valence-electron chi connectivity index (χ4n) is 2.37. The highest BCUT2D eigenvalue weighted by atomic mass is 16.5. The molecule has 2 N–H and O–H groups in total. The molecule has 2 aromatic rings. The van der Waals surface area contributed by atoms with Crippen LogP contribution in [0.25, 0.3) is 0 Å². The number of hydrogen-bond acceptors (Lipinski definition) is 4. The fourth-order valence-corrected chi connectivity index (χ4v) is 2.37. The van der Waals surface area contributed by atoms with Gasteiger partial charge in [0.05, 0.1) is 18.0 Å². The minimum atomic E-state index is -0.444. The molecule has 0 fully saturated rings. The zero-order valence-electron chi connectivity index (χ0n) is 12.3. The second-order valence-corrected chi connectivity index (χ2v) is 5.36. The average Bonchev–Trinajstić information content (AvgIpc) is 2.85. The van der Waals surface area contributed by atoms with Crippen LogP contribution >= 0.6 is 0 Å². The van der Waals surface area contributed by atoms with Crippen LogP contribution in [0, 0.1) is 0 Å². The second-order valence-electron chi connectivity index (χ2n) is 5.36. The van der Waals surface area contributed by atoms with Crippen molar-refractivity contribution in [1.29, 1.82) is 0 Å². The molecule has 1 unspecified atom stereocenters. The predicted molar refractivity (Wildman–Crippen MR) is 80.4 cm³/mol. The van der Waals surface area contributed by atoms with Gasteiger partial charge in [-0.2, -0.15) is 5.10 Å². The number of aromatic nitrogens is 2. The molecule has 1 atom stereocenters. The van der Waals surface area contributed by atoms with Crippen LogP contribution in [0.1, 0.15) is 25.5 Å². The molecular weight excluding hydrogens is 268 g/mol. The van der Waals surface area contributed by atoms with Crippen LogP contribution in [0.4, 0.5) is 11.4 Å². The molecule has 6 nitrogen and oxygen atoms in total. The van der Waals surface area contributed by atoms with Crippen LogP contribution in [-0.2, 0) is 11.8 Å². The third-order valence-electron chi connectivity index (χ3n) is 3.26. The van der Waals surface area contributed by atoms with E-state index in [0.29, 0.717) is 11.4 Å². The summed E-state index contributed by atoms with van der Waals surface area (Å²) in [4.78, 5) is 12.3. The Morgan fingerprint density at radius 1 is 1.38 bits per heavy atom. The third-order valence-corrected chi connectivity index (χ3v) is 3.26. The summed E-state index contributed by atoms with van der Waals surface area (Å²) in [7, 11) is 1.83. The summed E-state index contributed by atoms with van der Waals surface area (Å²) in [5, 5.41) is 10.3. The zero-order chi connectivity index (χ0) is 15.0. The number of rotatable bonds is 3. The highest BCUT2D eigenvalue weighted by Crippen LogP contribution is 2.39. The summed E-state index contributed by atoms with van der Waals surface area (Å²) in [5.41, 5.74) is 2.37. The van der Waals surface area contributed by atoms with Gasteiger partial charge in [0.2, 0.25) is 0 Å². The molecule has 110 valence electrons. The number of anilines is 2. The minimum absolute atomic E-state index is 0.0458. The SMILES string of the molecule is CC(C)Oc1cccc2c1NC(=O)C(c1cnn(C)c1)N2. The Hall–Kier alpha value is -2.50. The lowest BCUT2D eigenvalue weighted by Crippen LogP contribution is -2.32. The number of fused-ring (bicyclic) bond motifs is 1. The zero-order valence-corrected chi connectivity index (χ0v) is 12.3. The summed E-state index contributed by atoms with van der Waals surface area (Å²) in [5.74, 6) is 0.559. The van der Waals surface area contributed by atoms with E-state index in [9.17, 15) is 4.79 Å². The van der Waals surface area contributed by atoms with Crippen LogP contribution in [0.5, 0.6) is 5.75 Å². The van der Waals surface area contributed by atoms with Crippen LogP contribution in [0.3, 0.4) is 0 Å². The van der Waals surface area contributed by atoms with Gasteiger partial charge in [0.25, 0.3) is 5.91 Å². The molecule has 1 aliphatic rings. The number of carbonyl (C=O) groups excluding carboxylic acids is 1. The van der Waals surface area contributed by atoms with Gasteiger partial charge in [-0.25, -0.2) is 0 Å². The van der Waals surface area contributed by atoms with Crippen molar-refractivity contribution in [3.05, 3.63) is 36.2 Å². The second kappa shape index (κ2) is 5.12. The molecule has 1 aliphatic heterocycles. The Morgan fingerprint density at radius 2 is 2.19 bits per heavy atom. The van der Waals surface area contributed by atoms with E-state index in [4.69, 9.17) is 4.74 Å². The number of para-hydroxylation sites is 1. The van der Waals surface area contributed by atoms with Gasteiger partial charge in [-0.05, 0) is 26.0 Å². The first-order valence-electron chi connectivity index (χ1n) is 6.90. The maximum atomic E-state index is 12.3. The van der Waals surface area contributed by atoms with Crippen molar-refractivity contribution in [2.75, 3.05) is 10.6 Å². The van der Waals surface area contributed by atoms with Gasteiger partial charge in [-0.3, -0.25) is 9.48 Å². The van der Waals surface area contributed by atoms with E-state index >= 15 is 0 Å². The largest absolute Gasteiger partial charge is 0.489 e. The topological polar surface area (TPSA) is 68.2 Å². The average molecular weight is 286 g/mol. The van der Waals surface area contributed by atoms with E-state index in [1.807, 2.05) is 45.3 Å². The van der Waals surface area contributed by atoms with E-state index in [2.05, 4.69) is 15.7 Å². The van der Waals surface area contributed by atoms with Crippen molar-refractivity contribution >= 4 is 17.3 Å². The van der Waals surface area contributed by atoms with Gasteiger partial charge in [0, 0.05) is 18.8 Å². The molecule has 6 heteroatoms. The number of ether oxygens (including phenoxy) is 1. The number of aryl methyl sites for hydroxylation is 1. The quantitative estimate of drug-likeness (QED) is 0.908. The maximum Gasteiger partial charge on any atom is 0.251 e. The Kier molecular flexibility index (Phi) is 3.29. The molecule has 1 aromatic carbocycles. The molecule has 3 rings (SSSR count). The summed E-state index contributed by atoms with van der Waals surface area (Å²) in [6.45, 7) is 3.91. The van der Waals surface area contributed by atoms with Crippen molar-refractivity contribution in [2.24, 2.45) is 7.05 Å². The van der Waals surface area contributed by atoms with Crippen LogP contribution in [-0.4, -0.2) is 21.8 Å². The highest BCUT2D eigenvalue weighted by Gasteiger charge is 2.29. The van der Waals surface area contributed by atoms with Crippen molar-refractivity contribution in [3.63, 3.8) is 0 Å². The lowest BCUT2D eigenvalue weighted by molar-refractivity contribution is -0.117. The Bertz CT molecular complexity index is 678. The van der Waals surface area contributed by atoms with Gasteiger partial charge in [0.1, 0.15) is 17.5 Å². The first kappa shape index (κ1) is 13.5. The molecule has 2 heterocycles. The van der Waals surface area contributed by atoms with E-state index in [-0.39, 0.29) is 12.0 Å². The van der Waals surface area contributed by atoms with Crippen molar-refractivity contribution in [3.8, 4) is 5.75 Å². The molecule has 1 aromatic heterocycles. The Morgan fingerprint density at radius 3 is 2.86 bits per heavy atom. The molecule has 1 amide bonds. The smallest absolute Gasteiger partial charge is 0.251 e. The highest BCUT2D eigenvalue weighted by molar-refractivity contribution is 6.05. The summed E-state index contributed by atoms with van der Waals surface area (Å²) >= 11 is 0. The normalized spacial score (nSPS) is 17.1. The van der Waals surface area contributed by atoms with Gasteiger partial charge in [-0.15, -0.1) is 0 Å². The van der Waals surface area contributed by atoms with E-state index in [1.165, 1.54) is 0 Å². The van der Waals surface area contributed by atoms with Crippen LogP contribution in [0.15, 0.2) is 30.6 Å². The summed E-state index contributed by atoms with van der Waals surface area (Å²) < 4.78 is 7.41. The monoisotopic (exact) mass is 286 g/mol. The van der Waals surface area contributed by atoms with Crippen molar-refractivity contribution < 1.29 is 9.53 Å². The first-order chi connectivity index (χ1) is 10.0. The lowest BCUT2D eigenvalue weighted by atomic mass is 10.1. The predicted octanol–water partition coefficient (Wildman–Crippen LogP) is 2.31. The van der Waals surface area contributed by atoms with Crippen molar-refractivity contribution in [1.82, 2.24) is 9.78 Å². The van der Waals surface area contributed by atoms with Crippen LogP contribution < -0.4 is 15.4 Å². The molecule has 0 radical (unpaired) electrons. The number of carbonyl (C=O) groups is 1. The molecule has 0 bridgehead atoms. The number of benzene rings is 1. The molecular formula is C15H18N4O2. The van der Waals surface area contributed by atoms with Gasteiger partial charge in [-0.1, -0.05) is 6.07 Å². The van der Waals surface area contributed by atoms with Crippen molar-refractivity contribution in [2.45, 2.75) is 26.0 Å². The number of nitrogens with one attached hydrogen (secondary N) is 2. The molecule has 21 heavy (non-hydrogen) atoms. The van der Waals surface area contributed by atoms with E-state index in [1.54, 1.807) is 10.9 Å². The minimum Gasteiger partial charge on any atom is -0.489 e. The van der Waals surface area contributed by atoms with Gasteiger partial charge < -0.3 is 15.4 Å². The number of nitrogens with zero attached hydrogens (tertiary/aromatic N) is 2. The maximum absolute atomic E-state index is 12.3. The molecule has 0 saturated heterocycles. The third kappa shape index (κ3) is 2.56.